The Morgan fingerprint density at radius 2 is 2.14 bits per heavy atom. The predicted octanol–water partition coefficient (Wildman–Crippen LogP) is 3.30. The maximum absolute atomic E-state index is 12.9. The summed E-state index contributed by atoms with van der Waals surface area (Å²) in [7, 11) is 0. The Morgan fingerprint density at radius 1 is 1.57 bits per heavy atom. The first-order valence-corrected chi connectivity index (χ1v) is 4.44. The summed E-state index contributed by atoms with van der Waals surface area (Å²) in [6, 6.07) is 0.743. The zero-order valence-electron chi connectivity index (χ0n) is 6.40. The highest BCUT2D eigenvalue weighted by molar-refractivity contribution is 9.10. The Morgan fingerprint density at radius 3 is 2.57 bits per heavy atom. The van der Waals surface area contributed by atoms with Gasteiger partial charge in [0.2, 0.25) is 5.95 Å². The second-order valence-corrected chi connectivity index (χ2v) is 3.41. The quantitative estimate of drug-likeness (QED) is 0.617. The number of halogens is 5. The van der Waals surface area contributed by atoms with E-state index in [9.17, 15) is 18.0 Å². The van der Waals surface area contributed by atoms with Crippen LogP contribution in [-0.4, -0.2) is 10.2 Å². The fourth-order valence-corrected chi connectivity index (χ4v) is 1.25. The third-order valence-corrected chi connectivity index (χ3v) is 2.36. The molecule has 0 spiro atoms. The molecule has 0 amide bonds. The number of hydrogen-bond acceptors (Lipinski definition) is 2. The minimum Gasteiger partial charge on any atom is -0.274 e. The zero-order valence-corrected chi connectivity index (χ0v) is 8.74. The summed E-state index contributed by atoms with van der Waals surface area (Å²) < 4.78 is 36.9. The van der Waals surface area contributed by atoms with Crippen LogP contribution < -0.4 is 0 Å². The van der Waals surface area contributed by atoms with Crippen molar-refractivity contribution in [2.24, 2.45) is 0 Å². The van der Waals surface area contributed by atoms with Crippen LogP contribution in [0.25, 0.3) is 0 Å². The number of carbonyl (C=O) groups is 1. The molecule has 0 aliphatic heterocycles. The molecule has 0 aliphatic rings. The van der Waals surface area contributed by atoms with Crippen LogP contribution in [0, 0.1) is 5.95 Å². The number of alkyl halides is 2. The van der Waals surface area contributed by atoms with Gasteiger partial charge in [0.05, 0.1) is 4.47 Å². The van der Waals surface area contributed by atoms with Gasteiger partial charge in [0.15, 0.2) is 0 Å². The maximum atomic E-state index is 12.9. The van der Waals surface area contributed by atoms with E-state index < -0.39 is 33.3 Å². The van der Waals surface area contributed by atoms with Crippen LogP contribution in [0.15, 0.2) is 10.5 Å². The van der Waals surface area contributed by atoms with Crippen LogP contribution in [0.4, 0.5) is 13.2 Å². The number of carbonyl (C=O) groups excluding carboxylic acids is 1. The van der Waals surface area contributed by atoms with E-state index in [1.54, 1.807) is 0 Å². The smallest absolute Gasteiger partial charge is 0.270 e. The molecule has 0 atom stereocenters. The number of nitrogens with zero attached hydrogens (tertiary/aromatic N) is 1. The van der Waals surface area contributed by atoms with Gasteiger partial charge in [0, 0.05) is 5.56 Å². The van der Waals surface area contributed by atoms with Gasteiger partial charge in [0.25, 0.3) is 11.7 Å². The first-order chi connectivity index (χ1) is 6.43. The lowest BCUT2D eigenvalue weighted by Crippen LogP contribution is -2.01. The van der Waals surface area contributed by atoms with Gasteiger partial charge >= 0.3 is 0 Å². The summed E-state index contributed by atoms with van der Waals surface area (Å²) in [4.78, 5) is 13.6. The van der Waals surface area contributed by atoms with Crippen molar-refractivity contribution in [3.8, 4) is 0 Å². The molecule has 1 aromatic heterocycles. The normalized spacial score (nSPS) is 10.7. The van der Waals surface area contributed by atoms with Gasteiger partial charge in [-0.3, -0.25) is 4.79 Å². The van der Waals surface area contributed by atoms with Gasteiger partial charge in [-0.2, -0.15) is 4.39 Å². The molecule has 7 heteroatoms. The largest absolute Gasteiger partial charge is 0.274 e. The first kappa shape index (κ1) is 11.5. The molecule has 0 saturated heterocycles. The van der Waals surface area contributed by atoms with Crippen molar-refractivity contribution >= 4 is 32.8 Å². The Bertz CT molecular complexity index is 385. The highest BCUT2D eigenvalue weighted by Crippen LogP contribution is 2.29. The van der Waals surface area contributed by atoms with Gasteiger partial charge in [-0.1, -0.05) is 0 Å². The van der Waals surface area contributed by atoms with E-state index >= 15 is 0 Å². The van der Waals surface area contributed by atoms with Crippen molar-refractivity contribution in [3.05, 3.63) is 27.7 Å². The summed E-state index contributed by atoms with van der Waals surface area (Å²) in [5.74, 6) is -1.19. The number of rotatable bonds is 2. The van der Waals surface area contributed by atoms with Crippen LogP contribution in [0.3, 0.4) is 0 Å². The summed E-state index contributed by atoms with van der Waals surface area (Å²) in [6.45, 7) is 0. The highest BCUT2D eigenvalue weighted by Gasteiger charge is 2.19. The molecule has 0 saturated carbocycles. The molecule has 1 aromatic rings. The topological polar surface area (TPSA) is 30.0 Å². The average Bonchev–Trinajstić information content (AvgIpc) is 2.08. The van der Waals surface area contributed by atoms with Gasteiger partial charge in [-0.15, -0.1) is 0 Å². The van der Waals surface area contributed by atoms with E-state index in [0.717, 1.165) is 6.07 Å². The van der Waals surface area contributed by atoms with E-state index in [1.165, 1.54) is 0 Å². The molecule has 1 rings (SSSR count). The third kappa shape index (κ3) is 2.24. The Hall–Kier alpha value is -0.620. The van der Waals surface area contributed by atoms with Crippen molar-refractivity contribution < 1.29 is 18.0 Å². The van der Waals surface area contributed by atoms with Crippen LogP contribution in [0.1, 0.15) is 22.5 Å². The molecule has 0 aliphatic carbocycles. The second kappa shape index (κ2) is 4.27. The van der Waals surface area contributed by atoms with E-state index in [-0.39, 0.29) is 0 Å². The molecular weight excluding hydrogens is 286 g/mol. The maximum Gasteiger partial charge on any atom is 0.270 e. The molecule has 0 radical (unpaired) electrons. The fourth-order valence-electron chi connectivity index (χ4n) is 0.776. The Kier molecular flexibility index (Phi) is 3.49. The van der Waals surface area contributed by atoms with Crippen LogP contribution >= 0.6 is 27.5 Å². The molecule has 1 heterocycles. The molecule has 0 fully saturated rings. The van der Waals surface area contributed by atoms with Gasteiger partial charge in [0.1, 0.15) is 5.69 Å². The number of pyridine rings is 1. The van der Waals surface area contributed by atoms with Gasteiger partial charge in [-0.25, -0.2) is 13.8 Å². The molecule has 14 heavy (non-hydrogen) atoms. The van der Waals surface area contributed by atoms with Crippen LogP contribution in [0.2, 0.25) is 0 Å². The molecule has 0 unspecified atom stereocenters. The Labute approximate surface area is 90.2 Å². The van der Waals surface area contributed by atoms with Gasteiger partial charge < -0.3 is 0 Å². The van der Waals surface area contributed by atoms with E-state index in [4.69, 9.17) is 11.6 Å². The fraction of sp³-hybridized carbons (Fsp3) is 0.143. The number of aromatic nitrogens is 1. The summed E-state index contributed by atoms with van der Waals surface area (Å²) >= 11 is 7.57. The predicted molar refractivity (Wildman–Crippen MR) is 47.0 cm³/mol. The van der Waals surface area contributed by atoms with Gasteiger partial charge in [-0.05, 0) is 33.6 Å². The molecule has 2 nitrogen and oxygen atoms in total. The number of hydrogen-bond donors (Lipinski definition) is 0. The second-order valence-electron chi connectivity index (χ2n) is 2.28. The summed E-state index contributed by atoms with van der Waals surface area (Å²) in [5, 5.41) is -1.08. The summed E-state index contributed by atoms with van der Waals surface area (Å²) in [5.41, 5.74) is -1.19. The Balaban J connectivity index is 3.35. The van der Waals surface area contributed by atoms with Crippen molar-refractivity contribution in [3.63, 3.8) is 0 Å². The molecule has 0 bridgehead atoms. The molecular formula is C7H2BrClF3NO. The zero-order chi connectivity index (χ0) is 10.9. The molecule has 0 N–H and O–H groups in total. The summed E-state index contributed by atoms with van der Waals surface area (Å²) in [6.07, 6.45) is -2.91. The highest BCUT2D eigenvalue weighted by atomic mass is 79.9. The van der Waals surface area contributed by atoms with Crippen molar-refractivity contribution in [1.82, 2.24) is 4.98 Å². The third-order valence-electron chi connectivity index (χ3n) is 1.38. The minimum atomic E-state index is -2.91. The lowest BCUT2D eigenvalue weighted by Gasteiger charge is -2.04. The monoisotopic (exact) mass is 287 g/mol. The van der Waals surface area contributed by atoms with Crippen LogP contribution in [-0.2, 0) is 0 Å². The van der Waals surface area contributed by atoms with Crippen LogP contribution in [0.5, 0.6) is 0 Å². The van der Waals surface area contributed by atoms with Crippen molar-refractivity contribution in [2.45, 2.75) is 6.43 Å². The van der Waals surface area contributed by atoms with E-state index in [0.29, 0.717) is 0 Å². The molecule has 0 aromatic carbocycles. The van der Waals surface area contributed by atoms with E-state index in [1.807, 2.05) is 0 Å². The average molecular weight is 288 g/mol. The van der Waals surface area contributed by atoms with Crippen molar-refractivity contribution in [1.29, 1.82) is 0 Å². The molecule has 76 valence electrons. The lowest BCUT2D eigenvalue weighted by molar-refractivity contribution is 0.107. The van der Waals surface area contributed by atoms with E-state index in [2.05, 4.69) is 20.9 Å². The van der Waals surface area contributed by atoms with Crippen molar-refractivity contribution in [2.75, 3.05) is 0 Å². The standard InChI is InChI=1S/C7H2BrClF3NO/c8-4-2(6(10)11)1-3(5(9)14)13-7(4)12/h1,6H. The SMILES string of the molecule is O=C(Cl)c1cc(C(F)F)c(Br)c(F)n1. The minimum absolute atomic E-state index is 0.464. The first-order valence-electron chi connectivity index (χ1n) is 3.27. The lowest BCUT2D eigenvalue weighted by atomic mass is 10.2.